The third kappa shape index (κ3) is 2.25. The second-order valence-corrected chi connectivity index (χ2v) is 4.12. The fourth-order valence-corrected chi connectivity index (χ4v) is 1.76. The second-order valence-electron chi connectivity index (χ2n) is 4.12. The van der Waals surface area contributed by atoms with Gasteiger partial charge in [-0.3, -0.25) is 4.79 Å². The molecule has 0 N–H and O–H groups in total. The van der Waals surface area contributed by atoms with Gasteiger partial charge in [-0.05, 0) is 6.42 Å². The summed E-state index contributed by atoms with van der Waals surface area (Å²) in [6, 6.07) is 0. The van der Waals surface area contributed by atoms with Crippen LogP contribution in [0.5, 0.6) is 0 Å². The van der Waals surface area contributed by atoms with Crippen molar-refractivity contribution in [2.24, 2.45) is 11.8 Å². The van der Waals surface area contributed by atoms with Crippen molar-refractivity contribution in [3.63, 3.8) is 0 Å². The number of esters is 1. The summed E-state index contributed by atoms with van der Waals surface area (Å²) in [4.78, 5) is 10.8. The van der Waals surface area contributed by atoms with Crippen LogP contribution < -0.4 is 0 Å². The first kappa shape index (κ1) is 9.93. The Morgan fingerprint density at radius 1 is 1.21 bits per heavy atom. The summed E-state index contributed by atoms with van der Waals surface area (Å²) >= 11 is 0. The molecule has 0 aromatic heterocycles. The molecular weight excluding hydrogens is 184 g/mol. The Balaban J connectivity index is 1.81. The smallest absolute Gasteiger partial charge is 0.305 e. The molecule has 2 fully saturated rings. The average molecular weight is 200 g/mol. The molecule has 2 rings (SSSR count). The first-order valence-electron chi connectivity index (χ1n) is 5.14. The maximum atomic E-state index is 10.8. The van der Waals surface area contributed by atoms with Crippen LogP contribution in [0.2, 0.25) is 0 Å². The van der Waals surface area contributed by atoms with Crippen LogP contribution in [-0.4, -0.2) is 32.1 Å². The topological polar surface area (TPSA) is 44.8 Å². The maximum Gasteiger partial charge on any atom is 0.305 e. The van der Waals surface area contributed by atoms with Gasteiger partial charge < -0.3 is 14.2 Å². The predicted octanol–water partition coefficient (Wildman–Crippen LogP) is 0.949. The summed E-state index contributed by atoms with van der Waals surface area (Å²) in [6.45, 7) is 4.03. The zero-order valence-electron chi connectivity index (χ0n) is 8.40. The lowest BCUT2D eigenvalue weighted by Gasteiger charge is -2.34. The lowest BCUT2D eigenvalue weighted by atomic mass is 10.0. The van der Waals surface area contributed by atoms with Crippen LogP contribution in [0.4, 0.5) is 0 Å². The van der Waals surface area contributed by atoms with Gasteiger partial charge in [0, 0.05) is 18.3 Å². The van der Waals surface area contributed by atoms with Crippen molar-refractivity contribution >= 4 is 5.97 Å². The first-order chi connectivity index (χ1) is 6.75. The van der Waals surface area contributed by atoms with Gasteiger partial charge in [0.2, 0.25) is 0 Å². The quantitative estimate of drug-likeness (QED) is 0.591. The van der Waals surface area contributed by atoms with Gasteiger partial charge in [0.1, 0.15) is 0 Å². The largest absolute Gasteiger partial charge is 0.465 e. The van der Waals surface area contributed by atoms with Crippen molar-refractivity contribution in [1.82, 2.24) is 0 Å². The molecule has 14 heavy (non-hydrogen) atoms. The molecule has 2 heterocycles. The van der Waals surface area contributed by atoms with Crippen LogP contribution in [0.15, 0.2) is 0 Å². The Morgan fingerprint density at radius 2 is 1.93 bits per heavy atom. The number of hydrogen-bond acceptors (Lipinski definition) is 4. The van der Waals surface area contributed by atoms with Gasteiger partial charge in [0.05, 0.1) is 19.8 Å². The first-order valence-corrected chi connectivity index (χ1v) is 5.14. The monoisotopic (exact) mass is 200 g/mol. The van der Waals surface area contributed by atoms with Crippen LogP contribution in [0, 0.1) is 11.8 Å². The number of ether oxygens (including phenoxy) is 3. The van der Waals surface area contributed by atoms with Gasteiger partial charge in [-0.2, -0.15) is 0 Å². The Labute approximate surface area is 83.5 Å². The van der Waals surface area contributed by atoms with E-state index in [1.165, 1.54) is 0 Å². The van der Waals surface area contributed by atoms with E-state index in [0.29, 0.717) is 18.9 Å². The van der Waals surface area contributed by atoms with Crippen LogP contribution >= 0.6 is 0 Å². The van der Waals surface area contributed by atoms with Crippen LogP contribution in [0.25, 0.3) is 0 Å². The number of hydrogen-bond donors (Lipinski definition) is 0. The van der Waals surface area contributed by atoms with E-state index in [9.17, 15) is 4.79 Å². The maximum absolute atomic E-state index is 10.8. The highest BCUT2D eigenvalue weighted by molar-refractivity contribution is 5.69. The molecule has 2 aliphatic heterocycles. The molecule has 1 atom stereocenters. The van der Waals surface area contributed by atoms with Crippen molar-refractivity contribution in [1.29, 1.82) is 0 Å². The highest BCUT2D eigenvalue weighted by atomic mass is 16.7. The molecule has 0 bridgehead atoms. The fourth-order valence-electron chi connectivity index (χ4n) is 1.76. The van der Waals surface area contributed by atoms with Crippen molar-refractivity contribution in [2.75, 3.05) is 19.8 Å². The lowest BCUT2D eigenvalue weighted by molar-refractivity contribution is -0.233. The summed E-state index contributed by atoms with van der Waals surface area (Å²) in [5.41, 5.74) is 0. The number of carbonyl (C=O) groups is 1. The summed E-state index contributed by atoms with van der Waals surface area (Å²) in [5.74, 6) is 0.586. The zero-order chi connectivity index (χ0) is 9.97. The molecule has 2 saturated heterocycles. The molecule has 2 aliphatic rings. The molecule has 0 aromatic rings. The Morgan fingerprint density at radius 3 is 2.50 bits per heavy atom. The normalized spacial score (nSPS) is 39.2. The van der Waals surface area contributed by atoms with E-state index >= 15 is 0 Å². The van der Waals surface area contributed by atoms with Crippen LogP contribution in [0.1, 0.15) is 19.8 Å². The third-order valence-electron chi connectivity index (χ3n) is 2.65. The van der Waals surface area contributed by atoms with Crippen molar-refractivity contribution < 1.29 is 19.0 Å². The Kier molecular flexibility index (Phi) is 3.03. The number of rotatable bonds is 1. The molecule has 1 unspecified atom stereocenters. The molecule has 0 amide bonds. The van der Waals surface area contributed by atoms with E-state index in [1.54, 1.807) is 0 Å². The van der Waals surface area contributed by atoms with E-state index in [1.807, 2.05) is 0 Å². The van der Waals surface area contributed by atoms with E-state index in [-0.39, 0.29) is 18.2 Å². The van der Waals surface area contributed by atoms with E-state index < -0.39 is 0 Å². The minimum absolute atomic E-state index is 0.106. The van der Waals surface area contributed by atoms with Crippen molar-refractivity contribution in [3.8, 4) is 0 Å². The van der Waals surface area contributed by atoms with Gasteiger partial charge in [-0.15, -0.1) is 0 Å². The van der Waals surface area contributed by atoms with E-state index in [0.717, 1.165) is 19.6 Å². The molecule has 0 aliphatic carbocycles. The molecule has 4 heteroatoms. The molecule has 80 valence electrons. The minimum Gasteiger partial charge on any atom is -0.465 e. The van der Waals surface area contributed by atoms with Gasteiger partial charge in [0.25, 0.3) is 0 Å². The van der Waals surface area contributed by atoms with E-state index in [2.05, 4.69) is 6.92 Å². The number of carbonyl (C=O) groups excluding carboxylic acids is 1. The van der Waals surface area contributed by atoms with Gasteiger partial charge >= 0.3 is 5.97 Å². The fraction of sp³-hybridized carbons (Fsp3) is 0.900. The van der Waals surface area contributed by atoms with Crippen LogP contribution in [-0.2, 0) is 19.0 Å². The second kappa shape index (κ2) is 4.28. The van der Waals surface area contributed by atoms with E-state index in [4.69, 9.17) is 14.2 Å². The van der Waals surface area contributed by atoms with Gasteiger partial charge in [0.15, 0.2) is 6.29 Å². The third-order valence-corrected chi connectivity index (χ3v) is 2.65. The standard InChI is InChI=1S/C10H16O4/c1-7-4-13-10(14-5-7)8-2-3-9(11)12-6-8/h7-8,10H,2-6H2,1H3. The summed E-state index contributed by atoms with van der Waals surface area (Å²) in [7, 11) is 0. The number of cyclic esters (lactones) is 1. The SMILES string of the molecule is CC1COC(C2CCC(=O)OC2)OC1. The van der Waals surface area contributed by atoms with Crippen molar-refractivity contribution in [2.45, 2.75) is 26.1 Å². The summed E-state index contributed by atoms with van der Waals surface area (Å²) < 4.78 is 16.1. The minimum atomic E-state index is -0.167. The average Bonchev–Trinajstić information content (AvgIpc) is 2.21. The zero-order valence-corrected chi connectivity index (χ0v) is 8.40. The molecule has 4 nitrogen and oxygen atoms in total. The molecule has 0 saturated carbocycles. The van der Waals surface area contributed by atoms with Gasteiger partial charge in [-0.25, -0.2) is 0 Å². The highest BCUT2D eigenvalue weighted by Crippen LogP contribution is 2.24. The Hall–Kier alpha value is -0.610. The lowest BCUT2D eigenvalue weighted by Crippen LogP contribution is -2.40. The molecular formula is C10H16O4. The Bertz CT molecular complexity index is 198. The van der Waals surface area contributed by atoms with Crippen molar-refractivity contribution in [3.05, 3.63) is 0 Å². The highest BCUT2D eigenvalue weighted by Gasteiger charge is 2.31. The van der Waals surface area contributed by atoms with Crippen LogP contribution in [0.3, 0.4) is 0 Å². The predicted molar refractivity (Wildman–Crippen MR) is 48.5 cm³/mol. The molecule has 0 spiro atoms. The van der Waals surface area contributed by atoms with Gasteiger partial charge in [-0.1, -0.05) is 6.92 Å². The molecule has 0 aromatic carbocycles. The summed E-state index contributed by atoms with van der Waals surface area (Å²) in [5, 5.41) is 0. The summed E-state index contributed by atoms with van der Waals surface area (Å²) in [6.07, 6.45) is 1.14. The molecule has 0 radical (unpaired) electrons.